The first kappa shape index (κ1) is 15.6. The summed E-state index contributed by atoms with van der Waals surface area (Å²) < 4.78 is 0. The van der Waals surface area contributed by atoms with E-state index in [9.17, 15) is 9.90 Å². The van der Waals surface area contributed by atoms with Crippen molar-refractivity contribution < 1.29 is 9.90 Å². The molecule has 1 aromatic carbocycles. The number of hydrogen-bond acceptors (Lipinski definition) is 4. The Bertz CT molecular complexity index is 491. The number of carbonyl (C=O) groups excluding carboxylic acids is 1. The lowest BCUT2D eigenvalue weighted by atomic mass is 10.1. The maximum atomic E-state index is 12.2. The van der Waals surface area contributed by atoms with Gasteiger partial charge in [0.1, 0.15) is 0 Å². The number of β-amino-alcohol motifs (C(OH)–C–C–N with tert-alkyl or cyclic N) is 1. The van der Waals surface area contributed by atoms with Gasteiger partial charge in [-0.15, -0.1) is 0 Å². The van der Waals surface area contributed by atoms with Crippen molar-refractivity contribution in [3.05, 3.63) is 24.3 Å². The molecule has 6 nitrogen and oxygen atoms in total. The number of amides is 2. The van der Waals surface area contributed by atoms with E-state index in [2.05, 4.69) is 10.2 Å². The fourth-order valence-electron chi connectivity index (χ4n) is 2.48. The second-order valence-corrected chi connectivity index (χ2v) is 6.13. The zero-order valence-corrected chi connectivity index (χ0v) is 12.7. The van der Waals surface area contributed by atoms with E-state index in [1.54, 1.807) is 30.9 Å². The van der Waals surface area contributed by atoms with Crippen molar-refractivity contribution in [1.29, 1.82) is 0 Å². The Labute approximate surface area is 125 Å². The quantitative estimate of drug-likeness (QED) is 0.731. The summed E-state index contributed by atoms with van der Waals surface area (Å²) in [5, 5.41) is 12.7. The van der Waals surface area contributed by atoms with Crippen molar-refractivity contribution in [1.82, 2.24) is 9.80 Å². The highest BCUT2D eigenvalue weighted by molar-refractivity contribution is 5.89. The molecule has 1 aliphatic heterocycles. The summed E-state index contributed by atoms with van der Waals surface area (Å²) >= 11 is 0. The van der Waals surface area contributed by atoms with Gasteiger partial charge in [-0.05, 0) is 32.0 Å². The number of aliphatic hydroxyl groups is 1. The van der Waals surface area contributed by atoms with Crippen molar-refractivity contribution >= 4 is 17.4 Å². The monoisotopic (exact) mass is 292 g/mol. The number of carbonyl (C=O) groups is 1. The first-order valence-electron chi connectivity index (χ1n) is 7.20. The highest BCUT2D eigenvalue weighted by Crippen LogP contribution is 2.14. The average molecular weight is 292 g/mol. The molecule has 0 spiro atoms. The molecule has 0 aromatic heterocycles. The van der Waals surface area contributed by atoms with E-state index < -0.39 is 5.60 Å². The highest BCUT2D eigenvalue weighted by atomic mass is 16.3. The largest absolute Gasteiger partial charge is 0.399 e. The molecule has 1 aromatic rings. The van der Waals surface area contributed by atoms with Crippen LogP contribution in [0.4, 0.5) is 16.2 Å². The molecule has 0 radical (unpaired) electrons. The summed E-state index contributed by atoms with van der Waals surface area (Å²) in [6.45, 7) is 7.08. The van der Waals surface area contributed by atoms with Crippen LogP contribution in [0.3, 0.4) is 0 Å². The number of nitrogens with two attached hydrogens (primary N) is 1. The summed E-state index contributed by atoms with van der Waals surface area (Å²) in [4.78, 5) is 16.1. The molecule has 0 unspecified atom stereocenters. The van der Waals surface area contributed by atoms with Crippen LogP contribution < -0.4 is 11.1 Å². The first-order chi connectivity index (χ1) is 9.83. The smallest absolute Gasteiger partial charge is 0.321 e. The molecule has 6 heteroatoms. The van der Waals surface area contributed by atoms with Gasteiger partial charge in [-0.25, -0.2) is 4.79 Å². The Balaban J connectivity index is 1.83. The Morgan fingerprint density at radius 1 is 1.33 bits per heavy atom. The van der Waals surface area contributed by atoms with Crippen LogP contribution in [0.25, 0.3) is 0 Å². The number of benzene rings is 1. The fraction of sp³-hybridized carbons (Fsp3) is 0.533. The third-order valence-corrected chi connectivity index (χ3v) is 3.41. The lowest BCUT2D eigenvalue weighted by Crippen LogP contribution is -2.52. The summed E-state index contributed by atoms with van der Waals surface area (Å²) in [6, 6.07) is 7.04. The average Bonchev–Trinajstić information content (AvgIpc) is 2.37. The van der Waals surface area contributed by atoms with Gasteiger partial charge in [0.15, 0.2) is 0 Å². The molecule has 0 atom stereocenters. The van der Waals surface area contributed by atoms with Gasteiger partial charge in [0.2, 0.25) is 0 Å². The lowest BCUT2D eigenvalue weighted by Gasteiger charge is -2.37. The van der Waals surface area contributed by atoms with Gasteiger partial charge in [0.05, 0.1) is 5.60 Å². The maximum Gasteiger partial charge on any atom is 0.321 e. The highest BCUT2D eigenvalue weighted by Gasteiger charge is 2.24. The summed E-state index contributed by atoms with van der Waals surface area (Å²) in [5.41, 5.74) is 6.33. The molecule has 21 heavy (non-hydrogen) atoms. The van der Waals surface area contributed by atoms with Gasteiger partial charge in [0.25, 0.3) is 0 Å². The second kappa shape index (κ2) is 6.32. The van der Waals surface area contributed by atoms with E-state index in [0.29, 0.717) is 31.0 Å². The van der Waals surface area contributed by atoms with E-state index in [-0.39, 0.29) is 6.03 Å². The summed E-state index contributed by atoms with van der Waals surface area (Å²) in [6.07, 6.45) is 0. The number of nitrogens with zero attached hydrogens (tertiary/aromatic N) is 2. The topological polar surface area (TPSA) is 81.8 Å². The van der Waals surface area contributed by atoms with Crippen LogP contribution in [-0.2, 0) is 0 Å². The van der Waals surface area contributed by atoms with Crippen molar-refractivity contribution in [2.24, 2.45) is 0 Å². The molecular formula is C15H24N4O2. The maximum absolute atomic E-state index is 12.2. The number of anilines is 2. The van der Waals surface area contributed by atoms with Gasteiger partial charge in [-0.1, -0.05) is 6.07 Å². The molecular weight excluding hydrogens is 268 g/mol. The third-order valence-electron chi connectivity index (χ3n) is 3.41. The lowest BCUT2D eigenvalue weighted by molar-refractivity contribution is 0.0231. The Kier molecular flexibility index (Phi) is 4.69. The molecule has 1 heterocycles. The standard InChI is InChI=1S/C15H24N4O2/c1-15(2,21)11-18-6-8-19(9-7-18)14(20)17-13-5-3-4-12(16)10-13/h3-5,10,21H,6-9,11,16H2,1-2H3,(H,17,20). The predicted octanol–water partition coefficient (Wildman–Crippen LogP) is 1.19. The molecule has 2 amide bonds. The number of piperazine rings is 1. The molecule has 4 N–H and O–H groups in total. The van der Waals surface area contributed by atoms with Crippen molar-refractivity contribution in [2.45, 2.75) is 19.4 Å². The predicted molar refractivity (Wildman–Crippen MR) is 84.2 cm³/mol. The van der Waals surface area contributed by atoms with Gasteiger partial charge >= 0.3 is 6.03 Å². The minimum absolute atomic E-state index is 0.108. The van der Waals surface area contributed by atoms with Gasteiger partial charge in [-0.3, -0.25) is 4.90 Å². The van der Waals surface area contributed by atoms with E-state index in [0.717, 1.165) is 13.1 Å². The van der Waals surface area contributed by atoms with Gasteiger partial charge < -0.3 is 21.1 Å². The zero-order chi connectivity index (χ0) is 15.5. The number of hydrogen-bond donors (Lipinski definition) is 3. The number of nitrogen functional groups attached to an aromatic ring is 1. The molecule has 2 rings (SSSR count). The van der Waals surface area contributed by atoms with Crippen LogP contribution >= 0.6 is 0 Å². The fourth-order valence-corrected chi connectivity index (χ4v) is 2.48. The zero-order valence-electron chi connectivity index (χ0n) is 12.7. The number of nitrogens with one attached hydrogen (secondary N) is 1. The van der Waals surface area contributed by atoms with Crippen LogP contribution in [0.2, 0.25) is 0 Å². The Morgan fingerprint density at radius 3 is 2.57 bits per heavy atom. The number of urea groups is 1. The van der Waals surface area contributed by atoms with E-state index >= 15 is 0 Å². The molecule has 1 aliphatic rings. The Morgan fingerprint density at radius 2 is 2.00 bits per heavy atom. The van der Waals surface area contributed by atoms with Gasteiger partial charge in [0, 0.05) is 44.1 Å². The molecule has 1 fully saturated rings. The molecule has 0 bridgehead atoms. The Hall–Kier alpha value is -1.79. The van der Waals surface area contributed by atoms with E-state index in [4.69, 9.17) is 5.73 Å². The van der Waals surface area contributed by atoms with E-state index in [1.165, 1.54) is 0 Å². The minimum Gasteiger partial charge on any atom is -0.399 e. The normalized spacial score (nSPS) is 16.8. The van der Waals surface area contributed by atoms with E-state index in [1.807, 2.05) is 12.1 Å². The third kappa shape index (κ3) is 4.91. The molecule has 0 aliphatic carbocycles. The van der Waals surface area contributed by atoms with Crippen molar-refractivity contribution in [3.63, 3.8) is 0 Å². The van der Waals surface area contributed by atoms with Crippen molar-refractivity contribution in [3.8, 4) is 0 Å². The SMILES string of the molecule is CC(C)(O)CN1CCN(C(=O)Nc2cccc(N)c2)CC1. The summed E-state index contributed by atoms with van der Waals surface area (Å²) in [7, 11) is 0. The summed E-state index contributed by atoms with van der Waals surface area (Å²) in [5.74, 6) is 0. The molecule has 0 saturated carbocycles. The van der Waals surface area contributed by atoms with Crippen LogP contribution in [0, 0.1) is 0 Å². The van der Waals surface area contributed by atoms with Gasteiger partial charge in [-0.2, -0.15) is 0 Å². The van der Waals surface area contributed by atoms with Crippen LogP contribution in [0.5, 0.6) is 0 Å². The second-order valence-electron chi connectivity index (χ2n) is 6.13. The van der Waals surface area contributed by atoms with Crippen molar-refractivity contribution in [2.75, 3.05) is 43.8 Å². The minimum atomic E-state index is -0.702. The van der Waals surface area contributed by atoms with Crippen LogP contribution in [-0.4, -0.2) is 59.3 Å². The first-order valence-corrected chi connectivity index (χ1v) is 7.20. The number of rotatable bonds is 3. The van der Waals surface area contributed by atoms with Crippen LogP contribution in [0.1, 0.15) is 13.8 Å². The van der Waals surface area contributed by atoms with Crippen LogP contribution in [0.15, 0.2) is 24.3 Å². The molecule has 1 saturated heterocycles. The molecule has 116 valence electrons.